The largest absolute Gasteiger partial charge is 0.376 e. The molecule has 1 aromatic heterocycles. The molecular formula is C14H24N4OS. The van der Waals surface area contributed by atoms with Crippen LogP contribution in [0.25, 0.3) is 0 Å². The Bertz CT molecular complexity index is 452. The molecule has 0 amide bonds. The molecule has 112 valence electrons. The zero-order chi connectivity index (χ0) is 14.4. The number of hydrogen-bond donors (Lipinski definition) is 2. The molecule has 5 nitrogen and oxygen atoms in total. The Balaban J connectivity index is 1.89. The maximum absolute atomic E-state index is 5.61. The van der Waals surface area contributed by atoms with E-state index in [2.05, 4.69) is 27.5 Å². The van der Waals surface area contributed by atoms with Crippen LogP contribution in [0.2, 0.25) is 0 Å². The molecule has 0 radical (unpaired) electrons. The highest BCUT2D eigenvalue weighted by molar-refractivity contribution is 7.11. The minimum Gasteiger partial charge on any atom is -0.376 e. The highest BCUT2D eigenvalue weighted by Gasteiger charge is 2.15. The van der Waals surface area contributed by atoms with Crippen molar-refractivity contribution in [2.45, 2.75) is 46.3 Å². The summed E-state index contributed by atoms with van der Waals surface area (Å²) in [6, 6.07) is 0. The Labute approximate surface area is 124 Å². The number of rotatable bonds is 5. The van der Waals surface area contributed by atoms with Crippen LogP contribution in [0.3, 0.4) is 0 Å². The second kappa shape index (κ2) is 7.59. The highest BCUT2D eigenvalue weighted by atomic mass is 32.1. The van der Waals surface area contributed by atoms with Crippen molar-refractivity contribution in [1.29, 1.82) is 0 Å². The summed E-state index contributed by atoms with van der Waals surface area (Å²) in [4.78, 5) is 10.3. The second-order valence-electron chi connectivity index (χ2n) is 4.95. The minimum absolute atomic E-state index is 0.325. The van der Waals surface area contributed by atoms with Gasteiger partial charge in [-0.2, -0.15) is 0 Å². The number of aromatic nitrogens is 1. The summed E-state index contributed by atoms with van der Waals surface area (Å²) in [7, 11) is 0. The normalized spacial score (nSPS) is 19.4. The predicted molar refractivity (Wildman–Crippen MR) is 83.4 cm³/mol. The fourth-order valence-corrected chi connectivity index (χ4v) is 3.09. The van der Waals surface area contributed by atoms with Crippen molar-refractivity contribution < 1.29 is 4.74 Å². The van der Waals surface area contributed by atoms with E-state index in [0.29, 0.717) is 12.6 Å². The maximum atomic E-state index is 5.61. The third-order valence-corrected chi connectivity index (χ3v) is 4.30. The summed E-state index contributed by atoms with van der Waals surface area (Å²) < 4.78 is 5.61. The Morgan fingerprint density at radius 2 is 2.30 bits per heavy atom. The van der Waals surface area contributed by atoms with Gasteiger partial charge in [0, 0.05) is 24.6 Å². The number of hydrogen-bond acceptors (Lipinski definition) is 4. The van der Waals surface area contributed by atoms with Crippen LogP contribution in [0.15, 0.2) is 4.99 Å². The van der Waals surface area contributed by atoms with E-state index in [-0.39, 0.29) is 0 Å². The van der Waals surface area contributed by atoms with E-state index >= 15 is 0 Å². The van der Waals surface area contributed by atoms with Crippen LogP contribution in [0.4, 0.5) is 0 Å². The van der Waals surface area contributed by atoms with Gasteiger partial charge in [-0.15, -0.1) is 11.3 Å². The summed E-state index contributed by atoms with van der Waals surface area (Å²) in [6.45, 7) is 9.40. The van der Waals surface area contributed by atoms with E-state index in [4.69, 9.17) is 4.74 Å². The lowest BCUT2D eigenvalue weighted by atomic mass is 10.2. The van der Waals surface area contributed by atoms with Crippen molar-refractivity contribution in [3.63, 3.8) is 0 Å². The van der Waals surface area contributed by atoms with Crippen molar-refractivity contribution in [2.24, 2.45) is 4.99 Å². The molecule has 1 fully saturated rings. The van der Waals surface area contributed by atoms with Gasteiger partial charge in [0.1, 0.15) is 0 Å². The van der Waals surface area contributed by atoms with Crippen LogP contribution in [-0.4, -0.2) is 36.7 Å². The van der Waals surface area contributed by atoms with E-state index in [0.717, 1.165) is 42.8 Å². The van der Waals surface area contributed by atoms with Crippen LogP contribution in [-0.2, 0) is 11.3 Å². The molecule has 1 aromatic rings. The number of nitrogens with one attached hydrogen (secondary N) is 2. The first-order chi connectivity index (χ1) is 9.69. The van der Waals surface area contributed by atoms with E-state index in [1.807, 2.05) is 13.8 Å². The van der Waals surface area contributed by atoms with Gasteiger partial charge in [-0.3, -0.25) is 0 Å². The molecule has 0 saturated carbocycles. The van der Waals surface area contributed by atoms with Gasteiger partial charge < -0.3 is 15.4 Å². The first kappa shape index (κ1) is 15.3. The topological polar surface area (TPSA) is 58.5 Å². The van der Waals surface area contributed by atoms with Crippen molar-refractivity contribution in [3.8, 4) is 0 Å². The summed E-state index contributed by atoms with van der Waals surface area (Å²) in [5.74, 6) is 0.855. The highest BCUT2D eigenvalue weighted by Crippen LogP contribution is 2.17. The molecule has 0 spiro atoms. The molecule has 1 atom stereocenters. The number of thiazole rings is 1. The molecule has 0 aliphatic carbocycles. The molecule has 1 aliphatic heterocycles. The first-order valence-corrected chi connectivity index (χ1v) is 8.07. The van der Waals surface area contributed by atoms with E-state index in [1.165, 1.54) is 11.3 Å². The molecule has 0 bridgehead atoms. The molecular weight excluding hydrogens is 272 g/mol. The molecule has 2 rings (SSSR count). The van der Waals surface area contributed by atoms with Crippen molar-refractivity contribution in [2.75, 3.05) is 19.7 Å². The molecule has 20 heavy (non-hydrogen) atoms. The van der Waals surface area contributed by atoms with Crippen LogP contribution in [0, 0.1) is 13.8 Å². The monoisotopic (exact) mass is 296 g/mol. The van der Waals surface area contributed by atoms with Gasteiger partial charge >= 0.3 is 0 Å². The lowest BCUT2D eigenvalue weighted by Crippen LogP contribution is -2.41. The lowest BCUT2D eigenvalue weighted by Gasteiger charge is -2.14. The van der Waals surface area contributed by atoms with Gasteiger partial charge in [0.05, 0.1) is 23.4 Å². The van der Waals surface area contributed by atoms with E-state index in [9.17, 15) is 0 Å². The third kappa shape index (κ3) is 4.45. The number of guanidine groups is 1. The number of aryl methyl sites for hydroxylation is 2. The number of ether oxygens (including phenoxy) is 1. The molecule has 6 heteroatoms. The Kier molecular flexibility index (Phi) is 5.79. The zero-order valence-corrected chi connectivity index (χ0v) is 13.3. The van der Waals surface area contributed by atoms with Gasteiger partial charge in [0.25, 0.3) is 0 Å². The molecule has 1 saturated heterocycles. The van der Waals surface area contributed by atoms with Crippen LogP contribution in [0.5, 0.6) is 0 Å². The third-order valence-electron chi connectivity index (χ3n) is 3.25. The number of nitrogens with zero attached hydrogens (tertiary/aromatic N) is 2. The number of aliphatic imine (C=N–C) groups is 1. The van der Waals surface area contributed by atoms with Gasteiger partial charge in [-0.1, -0.05) is 0 Å². The Morgan fingerprint density at radius 1 is 1.45 bits per heavy atom. The van der Waals surface area contributed by atoms with Crippen LogP contribution >= 0.6 is 11.3 Å². The predicted octanol–water partition coefficient (Wildman–Crippen LogP) is 1.99. The van der Waals surface area contributed by atoms with Gasteiger partial charge in [-0.25, -0.2) is 9.98 Å². The molecule has 2 N–H and O–H groups in total. The van der Waals surface area contributed by atoms with Crippen LogP contribution in [0.1, 0.15) is 35.3 Å². The van der Waals surface area contributed by atoms with Gasteiger partial charge in [0.15, 0.2) is 5.96 Å². The smallest absolute Gasteiger partial charge is 0.191 e. The van der Waals surface area contributed by atoms with E-state index in [1.54, 1.807) is 11.3 Å². The average Bonchev–Trinajstić information content (AvgIpc) is 3.03. The summed E-state index contributed by atoms with van der Waals surface area (Å²) >= 11 is 1.72. The Morgan fingerprint density at radius 3 is 2.90 bits per heavy atom. The van der Waals surface area contributed by atoms with Crippen LogP contribution < -0.4 is 10.6 Å². The van der Waals surface area contributed by atoms with Gasteiger partial charge in [-0.05, 0) is 33.6 Å². The van der Waals surface area contributed by atoms with Gasteiger partial charge in [0.2, 0.25) is 0 Å². The molecule has 1 unspecified atom stereocenters. The molecule has 0 aromatic carbocycles. The first-order valence-electron chi connectivity index (χ1n) is 7.25. The summed E-state index contributed by atoms with van der Waals surface area (Å²) in [5.41, 5.74) is 1.09. The lowest BCUT2D eigenvalue weighted by molar-refractivity contribution is 0.114. The Hall–Kier alpha value is -1.14. The zero-order valence-electron chi connectivity index (χ0n) is 12.5. The minimum atomic E-state index is 0.325. The maximum Gasteiger partial charge on any atom is 0.191 e. The summed E-state index contributed by atoms with van der Waals surface area (Å²) in [5, 5.41) is 7.73. The van der Waals surface area contributed by atoms with Crippen molar-refractivity contribution in [3.05, 3.63) is 15.6 Å². The molecule has 2 heterocycles. The quantitative estimate of drug-likeness (QED) is 0.644. The van der Waals surface area contributed by atoms with Crippen molar-refractivity contribution in [1.82, 2.24) is 15.6 Å². The molecule has 1 aliphatic rings. The standard InChI is InChI=1S/C14H24N4OS/c1-4-15-14(16-8-12-6-5-7-19-12)17-9-13-10(2)18-11(3)20-13/h12H,4-9H2,1-3H3,(H2,15,16,17). The van der Waals surface area contributed by atoms with E-state index < -0.39 is 0 Å². The van der Waals surface area contributed by atoms with Crippen molar-refractivity contribution >= 4 is 17.3 Å². The fraction of sp³-hybridized carbons (Fsp3) is 0.714. The fourth-order valence-electron chi connectivity index (χ4n) is 2.23. The average molecular weight is 296 g/mol. The SMILES string of the molecule is CCNC(=NCc1sc(C)nc1C)NCC1CCCO1. The second-order valence-corrected chi connectivity index (χ2v) is 6.24. The summed E-state index contributed by atoms with van der Waals surface area (Å²) in [6.07, 6.45) is 2.63.